The number of aromatic nitrogens is 1. The van der Waals surface area contributed by atoms with Crippen molar-refractivity contribution in [2.24, 2.45) is 0 Å². The van der Waals surface area contributed by atoms with Gasteiger partial charge in [-0.25, -0.2) is 8.78 Å². The summed E-state index contributed by atoms with van der Waals surface area (Å²) >= 11 is 12.0. The molecule has 1 aromatic heterocycles. The molecular formula is C21H15Cl2F2N3O3. The van der Waals surface area contributed by atoms with Crippen LogP contribution >= 0.6 is 23.2 Å². The largest absolute Gasteiger partial charge is 0.481 e. The Labute approximate surface area is 185 Å². The summed E-state index contributed by atoms with van der Waals surface area (Å²) in [6, 6.07) is 7.70. The van der Waals surface area contributed by atoms with E-state index in [1.165, 1.54) is 36.7 Å². The normalized spacial score (nSPS) is 10.6. The van der Waals surface area contributed by atoms with Crippen LogP contribution in [0.5, 0.6) is 0 Å². The fourth-order valence-electron chi connectivity index (χ4n) is 2.82. The molecule has 0 radical (unpaired) electrons. The van der Waals surface area contributed by atoms with Crippen molar-refractivity contribution in [3.63, 3.8) is 0 Å². The molecule has 1 heterocycles. The molecule has 0 bridgehead atoms. The molecule has 0 atom stereocenters. The number of hydrogen-bond acceptors (Lipinski definition) is 4. The number of carboxylic acids is 1. The Morgan fingerprint density at radius 3 is 2.29 bits per heavy atom. The van der Waals surface area contributed by atoms with E-state index in [2.05, 4.69) is 15.6 Å². The van der Waals surface area contributed by atoms with Crippen LogP contribution in [-0.4, -0.2) is 28.5 Å². The van der Waals surface area contributed by atoms with E-state index in [9.17, 15) is 18.4 Å². The van der Waals surface area contributed by atoms with E-state index in [0.717, 1.165) is 12.1 Å². The molecule has 1 amide bonds. The minimum atomic E-state index is -1.05. The molecule has 0 unspecified atom stereocenters. The Kier molecular flexibility index (Phi) is 7.04. The molecule has 0 spiro atoms. The number of nitrogens with one attached hydrogen (secondary N) is 2. The Balaban J connectivity index is 1.85. The molecular weight excluding hydrogens is 451 g/mol. The van der Waals surface area contributed by atoms with Crippen molar-refractivity contribution in [1.82, 2.24) is 4.98 Å². The predicted molar refractivity (Wildman–Crippen MR) is 115 cm³/mol. The Hall–Kier alpha value is -3.23. The van der Waals surface area contributed by atoms with Crippen LogP contribution in [0.15, 0.2) is 48.8 Å². The van der Waals surface area contributed by atoms with Crippen LogP contribution < -0.4 is 10.6 Å². The van der Waals surface area contributed by atoms with Crippen LogP contribution in [-0.2, 0) is 4.79 Å². The second-order valence-electron chi connectivity index (χ2n) is 6.39. The third kappa shape index (κ3) is 5.48. The number of rotatable bonds is 7. The van der Waals surface area contributed by atoms with E-state index >= 15 is 0 Å². The van der Waals surface area contributed by atoms with Gasteiger partial charge in [-0.1, -0.05) is 35.3 Å². The van der Waals surface area contributed by atoms with Crippen LogP contribution in [0.1, 0.15) is 16.8 Å². The van der Waals surface area contributed by atoms with Gasteiger partial charge in [-0.15, -0.1) is 0 Å². The zero-order valence-electron chi connectivity index (χ0n) is 15.8. The standard InChI is InChI=1S/C21H15Cl2F2N3O3/c22-14-9-26-10-15(23)20(14)28-21(31)12-3-1-11(2-4-12)19-16(25)7-13(24)8-17(19)27-6-5-18(29)30/h1-4,7-10,27H,5-6H2,(H,29,30)(H,26,28,31). The number of amides is 1. The zero-order valence-corrected chi connectivity index (χ0v) is 17.3. The van der Waals surface area contributed by atoms with Gasteiger partial charge in [0.05, 0.1) is 22.2 Å². The summed E-state index contributed by atoms with van der Waals surface area (Å²) in [5, 5.41) is 14.4. The third-order valence-electron chi connectivity index (χ3n) is 4.24. The van der Waals surface area contributed by atoms with Gasteiger partial charge in [0.25, 0.3) is 5.91 Å². The minimum absolute atomic E-state index is 0.0147. The summed E-state index contributed by atoms with van der Waals surface area (Å²) in [6.45, 7) is -0.0147. The fraction of sp³-hybridized carbons (Fsp3) is 0.0952. The summed E-state index contributed by atoms with van der Waals surface area (Å²) in [4.78, 5) is 27.0. The molecule has 10 heteroatoms. The molecule has 6 nitrogen and oxygen atoms in total. The molecule has 3 N–H and O–H groups in total. The van der Waals surface area contributed by atoms with E-state index in [-0.39, 0.29) is 45.5 Å². The smallest absolute Gasteiger partial charge is 0.305 e. The van der Waals surface area contributed by atoms with Crippen LogP contribution in [0.25, 0.3) is 11.1 Å². The second kappa shape index (κ2) is 9.72. The number of nitrogens with zero attached hydrogens (tertiary/aromatic N) is 1. The Bertz CT molecular complexity index is 1120. The first-order chi connectivity index (χ1) is 14.8. The van der Waals surface area contributed by atoms with Crippen LogP contribution in [0.2, 0.25) is 10.0 Å². The van der Waals surface area contributed by atoms with Crippen LogP contribution in [0.3, 0.4) is 0 Å². The molecule has 2 aromatic carbocycles. The fourth-order valence-corrected chi connectivity index (χ4v) is 3.27. The van der Waals surface area contributed by atoms with Crippen LogP contribution in [0, 0.1) is 11.6 Å². The zero-order chi connectivity index (χ0) is 22.5. The molecule has 0 aliphatic heterocycles. The summed E-state index contributed by atoms with van der Waals surface area (Å²) in [5.41, 5.74) is 0.981. The van der Waals surface area contributed by atoms with Gasteiger partial charge in [-0.2, -0.15) is 0 Å². The van der Waals surface area contributed by atoms with Crippen molar-refractivity contribution in [2.45, 2.75) is 6.42 Å². The van der Waals surface area contributed by atoms with Crippen molar-refractivity contribution < 1.29 is 23.5 Å². The number of carbonyl (C=O) groups excluding carboxylic acids is 1. The van der Waals surface area contributed by atoms with Gasteiger partial charge in [0.2, 0.25) is 0 Å². The maximum Gasteiger partial charge on any atom is 0.305 e. The number of halogens is 4. The highest BCUT2D eigenvalue weighted by molar-refractivity contribution is 6.39. The van der Waals surface area contributed by atoms with Crippen molar-refractivity contribution in [1.29, 1.82) is 0 Å². The summed E-state index contributed by atoms with van der Waals surface area (Å²) < 4.78 is 28.2. The minimum Gasteiger partial charge on any atom is -0.481 e. The molecule has 0 aliphatic rings. The lowest BCUT2D eigenvalue weighted by Crippen LogP contribution is -2.12. The Morgan fingerprint density at radius 2 is 1.68 bits per heavy atom. The second-order valence-corrected chi connectivity index (χ2v) is 7.20. The summed E-state index contributed by atoms with van der Waals surface area (Å²) in [6.07, 6.45) is 2.45. The number of carbonyl (C=O) groups is 2. The topological polar surface area (TPSA) is 91.3 Å². The Morgan fingerprint density at radius 1 is 1.03 bits per heavy atom. The van der Waals surface area contributed by atoms with Crippen molar-refractivity contribution in [3.05, 3.63) is 76.0 Å². The highest BCUT2D eigenvalue weighted by Gasteiger charge is 2.16. The highest BCUT2D eigenvalue weighted by atomic mass is 35.5. The lowest BCUT2D eigenvalue weighted by molar-refractivity contribution is -0.136. The average molecular weight is 466 g/mol. The number of carboxylic acid groups (broad SMARTS) is 1. The first kappa shape index (κ1) is 22.5. The third-order valence-corrected chi connectivity index (χ3v) is 4.81. The molecule has 0 saturated heterocycles. The van der Waals surface area contributed by atoms with Crippen LogP contribution in [0.4, 0.5) is 20.2 Å². The molecule has 0 fully saturated rings. The summed E-state index contributed by atoms with van der Waals surface area (Å²) in [7, 11) is 0. The van der Waals surface area contributed by atoms with Gasteiger partial charge < -0.3 is 15.7 Å². The van der Waals surface area contributed by atoms with Gasteiger partial charge in [-0.3, -0.25) is 14.6 Å². The number of aliphatic carboxylic acids is 1. The van der Waals surface area contributed by atoms with E-state index in [4.69, 9.17) is 28.3 Å². The molecule has 0 aliphatic carbocycles. The number of hydrogen-bond donors (Lipinski definition) is 3. The maximum absolute atomic E-state index is 14.5. The van der Waals surface area contributed by atoms with Gasteiger partial charge in [0.1, 0.15) is 11.6 Å². The predicted octanol–water partition coefficient (Wildman–Crippen LogP) is 5.47. The van der Waals surface area contributed by atoms with Gasteiger partial charge in [-0.05, 0) is 23.8 Å². The maximum atomic E-state index is 14.5. The number of anilines is 2. The summed E-state index contributed by atoms with van der Waals surface area (Å²) in [5.74, 6) is -3.18. The van der Waals surface area contributed by atoms with E-state index in [1.54, 1.807) is 0 Å². The SMILES string of the molecule is O=C(O)CCNc1cc(F)cc(F)c1-c1ccc(C(=O)Nc2c(Cl)cncc2Cl)cc1. The highest BCUT2D eigenvalue weighted by Crippen LogP contribution is 2.33. The number of pyridine rings is 1. The molecule has 3 aromatic rings. The first-order valence-electron chi connectivity index (χ1n) is 8.91. The molecule has 3 rings (SSSR count). The molecule has 160 valence electrons. The van der Waals surface area contributed by atoms with E-state index in [1.807, 2.05) is 0 Å². The average Bonchev–Trinajstić information content (AvgIpc) is 2.70. The molecule has 0 saturated carbocycles. The lowest BCUT2D eigenvalue weighted by atomic mass is 10.0. The van der Waals surface area contributed by atoms with E-state index < -0.39 is 23.5 Å². The number of benzene rings is 2. The van der Waals surface area contributed by atoms with Gasteiger partial charge in [0, 0.05) is 41.8 Å². The van der Waals surface area contributed by atoms with Crippen molar-refractivity contribution in [2.75, 3.05) is 17.2 Å². The van der Waals surface area contributed by atoms with Crippen molar-refractivity contribution >= 4 is 46.5 Å². The molecule has 31 heavy (non-hydrogen) atoms. The monoisotopic (exact) mass is 465 g/mol. The van der Waals surface area contributed by atoms with Crippen molar-refractivity contribution in [3.8, 4) is 11.1 Å². The van der Waals surface area contributed by atoms with E-state index in [0.29, 0.717) is 5.56 Å². The first-order valence-corrected chi connectivity index (χ1v) is 9.67. The quantitative estimate of drug-likeness (QED) is 0.430. The van der Waals surface area contributed by atoms with Gasteiger partial charge >= 0.3 is 5.97 Å². The lowest BCUT2D eigenvalue weighted by Gasteiger charge is -2.14. The van der Waals surface area contributed by atoms with Gasteiger partial charge in [0.15, 0.2) is 0 Å².